The zero-order valence-electron chi connectivity index (χ0n) is 14.8. The maximum atomic E-state index is 9.27. The first-order chi connectivity index (χ1) is 9.55. The molecule has 0 aliphatic carbocycles. The van der Waals surface area contributed by atoms with Crippen LogP contribution in [0.5, 0.6) is 0 Å². The van der Waals surface area contributed by atoms with Crippen LogP contribution in [0.25, 0.3) is 0 Å². The van der Waals surface area contributed by atoms with Crippen LogP contribution >= 0.6 is 0 Å². The molecule has 0 spiro atoms. The van der Waals surface area contributed by atoms with E-state index in [1.165, 1.54) is 11.1 Å². The van der Waals surface area contributed by atoms with E-state index in [9.17, 15) is 5.11 Å². The molecule has 0 aliphatic heterocycles. The van der Waals surface area contributed by atoms with Crippen LogP contribution in [0.4, 0.5) is 0 Å². The standard InChI is InChI=1S/C19H33NO/c1-14(20-17(12-13-21)19(5,6)7)15-8-10-16(11-9-15)18(2,3)4/h8-11,14,17,20-21H,12-13H2,1-7H3. The minimum atomic E-state index is 0.141. The maximum Gasteiger partial charge on any atom is 0.0446 e. The third-order valence-corrected chi connectivity index (χ3v) is 4.19. The average Bonchev–Trinajstić information content (AvgIpc) is 2.36. The van der Waals surface area contributed by atoms with Gasteiger partial charge in [-0.15, -0.1) is 0 Å². The molecule has 0 amide bonds. The van der Waals surface area contributed by atoms with E-state index in [0.29, 0.717) is 6.04 Å². The Morgan fingerprint density at radius 3 is 1.90 bits per heavy atom. The van der Waals surface area contributed by atoms with E-state index in [2.05, 4.69) is 78.0 Å². The minimum absolute atomic E-state index is 0.141. The first-order valence-corrected chi connectivity index (χ1v) is 8.03. The Labute approximate surface area is 131 Å². The first-order valence-electron chi connectivity index (χ1n) is 8.03. The van der Waals surface area contributed by atoms with Crippen molar-refractivity contribution in [2.45, 2.75) is 72.4 Å². The van der Waals surface area contributed by atoms with Gasteiger partial charge in [-0.05, 0) is 35.3 Å². The van der Waals surface area contributed by atoms with E-state index in [1.807, 2.05) is 0 Å². The number of rotatable bonds is 5. The second kappa shape index (κ2) is 6.93. The molecule has 1 rings (SSSR count). The normalized spacial score (nSPS) is 15.8. The Hall–Kier alpha value is -0.860. The highest BCUT2D eigenvalue weighted by atomic mass is 16.3. The molecule has 0 heterocycles. The van der Waals surface area contributed by atoms with Crippen molar-refractivity contribution in [3.05, 3.63) is 35.4 Å². The van der Waals surface area contributed by atoms with Gasteiger partial charge in [0.2, 0.25) is 0 Å². The van der Waals surface area contributed by atoms with Crippen LogP contribution in [0.2, 0.25) is 0 Å². The zero-order chi connectivity index (χ0) is 16.3. The molecule has 0 aliphatic rings. The lowest BCUT2D eigenvalue weighted by molar-refractivity contribution is 0.188. The molecule has 120 valence electrons. The number of hydrogen-bond donors (Lipinski definition) is 2. The minimum Gasteiger partial charge on any atom is -0.396 e. The summed E-state index contributed by atoms with van der Waals surface area (Å²) >= 11 is 0. The van der Waals surface area contributed by atoms with Crippen LogP contribution in [0, 0.1) is 5.41 Å². The van der Waals surface area contributed by atoms with Gasteiger partial charge in [-0.2, -0.15) is 0 Å². The van der Waals surface area contributed by atoms with E-state index in [1.54, 1.807) is 0 Å². The van der Waals surface area contributed by atoms with Gasteiger partial charge in [-0.25, -0.2) is 0 Å². The summed E-state index contributed by atoms with van der Waals surface area (Å²) in [4.78, 5) is 0. The van der Waals surface area contributed by atoms with Crippen molar-refractivity contribution in [2.75, 3.05) is 6.61 Å². The Morgan fingerprint density at radius 1 is 1.00 bits per heavy atom. The van der Waals surface area contributed by atoms with Crippen LogP contribution in [-0.4, -0.2) is 17.8 Å². The third-order valence-electron chi connectivity index (χ3n) is 4.19. The van der Waals surface area contributed by atoms with E-state index in [4.69, 9.17) is 0 Å². The molecule has 0 bridgehead atoms. The summed E-state index contributed by atoms with van der Waals surface area (Å²) in [7, 11) is 0. The Kier molecular flexibility index (Phi) is 6.01. The first kappa shape index (κ1) is 18.2. The topological polar surface area (TPSA) is 32.3 Å². The quantitative estimate of drug-likeness (QED) is 0.841. The number of aliphatic hydroxyl groups excluding tert-OH is 1. The third kappa shape index (κ3) is 5.44. The lowest BCUT2D eigenvalue weighted by Gasteiger charge is -2.34. The Balaban J connectivity index is 2.81. The van der Waals surface area contributed by atoms with Crippen molar-refractivity contribution in [1.29, 1.82) is 0 Å². The van der Waals surface area contributed by atoms with E-state index in [0.717, 1.165) is 6.42 Å². The van der Waals surface area contributed by atoms with Crippen molar-refractivity contribution in [2.24, 2.45) is 5.41 Å². The maximum absolute atomic E-state index is 9.27. The highest BCUT2D eigenvalue weighted by molar-refractivity contribution is 5.29. The fraction of sp³-hybridized carbons (Fsp3) is 0.684. The highest BCUT2D eigenvalue weighted by Gasteiger charge is 2.25. The van der Waals surface area contributed by atoms with E-state index < -0.39 is 0 Å². The fourth-order valence-corrected chi connectivity index (χ4v) is 2.57. The molecule has 0 aromatic heterocycles. The van der Waals surface area contributed by atoms with Crippen molar-refractivity contribution < 1.29 is 5.11 Å². The van der Waals surface area contributed by atoms with Gasteiger partial charge in [0.15, 0.2) is 0 Å². The molecule has 2 unspecified atom stereocenters. The van der Waals surface area contributed by atoms with Crippen LogP contribution in [0.3, 0.4) is 0 Å². The van der Waals surface area contributed by atoms with Crippen LogP contribution in [0.15, 0.2) is 24.3 Å². The Bertz CT molecular complexity index is 422. The highest BCUT2D eigenvalue weighted by Crippen LogP contribution is 2.27. The molecule has 0 saturated carbocycles. The van der Waals surface area contributed by atoms with Gasteiger partial charge in [0.1, 0.15) is 0 Å². The summed E-state index contributed by atoms with van der Waals surface area (Å²) in [5, 5.41) is 12.9. The molecule has 0 fully saturated rings. The van der Waals surface area contributed by atoms with E-state index in [-0.39, 0.29) is 23.5 Å². The van der Waals surface area contributed by atoms with Crippen LogP contribution < -0.4 is 5.32 Å². The predicted molar refractivity (Wildman–Crippen MR) is 91.6 cm³/mol. The number of aliphatic hydroxyl groups is 1. The average molecular weight is 291 g/mol. The van der Waals surface area contributed by atoms with Gasteiger partial charge in [-0.3, -0.25) is 0 Å². The van der Waals surface area contributed by atoms with E-state index >= 15 is 0 Å². The predicted octanol–water partition coefficient (Wildman–Crippen LogP) is 4.43. The SMILES string of the molecule is CC(NC(CCO)C(C)(C)C)c1ccc(C(C)(C)C)cc1. The molecule has 2 nitrogen and oxygen atoms in total. The molecular weight excluding hydrogens is 258 g/mol. The van der Waals surface area contributed by atoms with Crippen LogP contribution in [-0.2, 0) is 5.41 Å². The molecule has 0 saturated heterocycles. The molecule has 0 radical (unpaired) electrons. The van der Waals surface area contributed by atoms with Crippen molar-refractivity contribution in [3.8, 4) is 0 Å². The zero-order valence-corrected chi connectivity index (χ0v) is 14.8. The van der Waals surface area contributed by atoms with Gasteiger partial charge in [0, 0.05) is 18.7 Å². The van der Waals surface area contributed by atoms with Crippen molar-refractivity contribution >= 4 is 0 Å². The smallest absolute Gasteiger partial charge is 0.0446 e. The van der Waals surface area contributed by atoms with Gasteiger partial charge >= 0.3 is 0 Å². The summed E-state index contributed by atoms with van der Waals surface area (Å²) in [6.07, 6.45) is 0.786. The van der Waals surface area contributed by atoms with Gasteiger partial charge in [0.05, 0.1) is 0 Å². The monoisotopic (exact) mass is 291 g/mol. The summed E-state index contributed by atoms with van der Waals surface area (Å²) in [5.41, 5.74) is 3.00. The van der Waals surface area contributed by atoms with Gasteiger partial charge < -0.3 is 10.4 Å². The molecule has 21 heavy (non-hydrogen) atoms. The lowest BCUT2D eigenvalue weighted by Crippen LogP contribution is -2.42. The Morgan fingerprint density at radius 2 is 1.52 bits per heavy atom. The molecular formula is C19H33NO. The van der Waals surface area contributed by atoms with Crippen molar-refractivity contribution in [3.63, 3.8) is 0 Å². The number of hydrogen-bond acceptors (Lipinski definition) is 2. The number of benzene rings is 1. The summed E-state index contributed by atoms with van der Waals surface area (Å²) in [6.45, 7) is 15.8. The largest absolute Gasteiger partial charge is 0.396 e. The molecule has 2 N–H and O–H groups in total. The molecule has 1 aromatic rings. The summed E-state index contributed by atoms with van der Waals surface area (Å²) < 4.78 is 0. The molecule has 2 atom stereocenters. The number of nitrogens with one attached hydrogen (secondary N) is 1. The van der Waals surface area contributed by atoms with Gasteiger partial charge in [0.25, 0.3) is 0 Å². The molecule has 1 aromatic carbocycles. The van der Waals surface area contributed by atoms with Crippen LogP contribution in [0.1, 0.15) is 72.1 Å². The summed E-state index contributed by atoms with van der Waals surface area (Å²) in [6, 6.07) is 9.49. The fourth-order valence-electron chi connectivity index (χ4n) is 2.57. The molecule has 2 heteroatoms. The summed E-state index contributed by atoms with van der Waals surface area (Å²) in [5.74, 6) is 0. The second-order valence-corrected chi connectivity index (χ2v) is 8.19. The lowest BCUT2D eigenvalue weighted by atomic mass is 9.83. The second-order valence-electron chi connectivity index (χ2n) is 8.19. The van der Waals surface area contributed by atoms with Gasteiger partial charge in [-0.1, -0.05) is 65.8 Å². The van der Waals surface area contributed by atoms with Crippen molar-refractivity contribution in [1.82, 2.24) is 5.32 Å².